The zero-order valence-electron chi connectivity index (χ0n) is 10.4. The molecule has 18 heavy (non-hydrogen) atoms. The topological polar surface area (TPSA) is 28.7 Å². The Kier molecular flexibility index (Phi) is 2.85. The molecule has 0 aliphatic rings. The number of hydrogen-bond acceptors (Lipinski definition) is 1. The Hall–Kier alpha value is -2.09. The third-order valence-corrected chi connectivity index (χ3v) is 3.42. The highest BCUT2D eigenvalue weighted by Crippen LogP contribution is 2.23. The van der Waals surface area contributed by atoms with E-state index >= 15 is 0 Å². The summed E-state index contributed by atoms with van der Waals surface area (Å²) in [5, 5.41) is 8.23. The average molecular weight is 236 g/mol. The van der Waals surface area contributed by atoms with Gasteiger partial charge in [-0.25, -0.2) is 0 Å². The first-order chi connectivity index (χ1) is 8.83. The molecule has 0 amide bonds. The molecule has 0 saturated heterocycles. The van der Waals surface area contributed by atoms with Crippen LogP contribution >= 0.6 is 0 Å². The van der Waals surface area contributed by atoms with Gasteiger partial charge in [-0.05, 0) is 35.6 Å². The summed E-state index contributed by atoms with van der Waals surface area (Å²) in [6.07, 6.45) is 2.96. The monoisotopic (exact) mass is 236 g/mol. The molecule has 1 heterocycles. The van der Waals surface area contributed by atoms with Crippen molar-refractivity contribution < 1.29 is 0 Å². The highest BCUT2D eigenvalue weighted by Gasteiger charge is 2.07. The van der Waals surface area contributed by atoms with Crippen LogP contribution in [0.15, 0.2) is 54.7 Å². The third kappa shape index (κ3) is 2.14. The fourth-order valence-corrected chi connectivity index (χ4v) is 2.35. The number of benzene rings is 2. The Balaban J connectivity index is 1.85. The zero-order valence-corrected chi connectivity index (χ0v) is 10.4. The van der Waals surface area contributed by atoms with E-state index in [2.05, 4.69) is 65.7 Å². The maximum absolute atomic E-state index is 4.06. The van der Waals surface area contributed by atoms with Gasteiger partial charge < -0.3 is 0 Å². The number of aromatic amines is 1. The summed E-state index contributed by atoms with van der Waals surface area (Å²) in [5.41, 5.74) is 3.86. The SMILES string of the molecule is CC(Cc1ccccc1)c1ccc2[nH]ncc2c1. The second-order valence-electron chi connectivity index (χ2n) is 4.81. The molecule has 0 fully saturated rings. The van der Waals surface area contributed by atoms with Crippen LogP contribution in [0.1, 0.15) is 24.0 Å². The minimum atomic E-state index is 0.520. The van der Waals surface area contributed by atoms with Crippen molar-refractivity contribution in [3.8, 4) is 0 Å². The molecule has 0 spiro atoms. The lowest BCUT2D eigenvalue weighted by Crippen LogP contribution is -1.98. The second kappa shape index (κ2) is 4.65. The van der Waals surface area contributed by atoms with Crippen molar-refractivity contribution in [1.82, 2.24) is 10.2 Å². The minimum Gasteiger partial charge on any atom is -0.278 e. The second-order valence-corrected chi connectivity index (χ2v) is 4.81. The molecule has 1 unspecified atom stereocenters. The molecule has 1 aromatic heterocycles. The number of nitrogens with zero attached hydrogens (tertiary/aromatic N) is 1. The first-order valence-electron chi connectivity index (χ1n) is 6.30. The Morgan fingerprint density at radius 2 is 1.94 bits per heavy atom. The molecule has 0 aliphatic heterocycles. The Morgan fingerprint density at radius 3 is 2.78 bits per heavy atom. The molecule has 1 N–H and O–H groups in total. The van der Waals surface area contributed by atoms with Gasteiger partial charge in [-0.2, -0.15) is 5.10 Å². The Morgan fingerprint density at radius 1 is 1.11 bits per heavy atom. The van der Waals surface area contributed by atoms with Crippen LogP contribution in [0.4, 0.5) is 0 Å². The van der Waals surface area contributed by atoms with Crippen molar-refractivity contribution >= 4 is 10.9 Å². The minimum absolute atomic E-state index is 0.520. The van der Waals surface area contributed by atoms with Gasteiger partial charge in [0.25, 0.3) is 0 Å². The van der Waals surface area contributed by atoms with Gasteiger partial charge in [-0.15, -0.1) is 0 Å². The van der Waals surface area contributed by atoms with Gasteiger partial charge >= 0.3 is 0 Å². The van der Waals surface area contributed by atoms with Crippen molar-refractivity contribution in [2.75, 3.05) is 0 Å². The van der Waals surface area contributed by atoms with Crippen LogP contribution in [-0.4, -0.2) is 10.2 Å². The molecule has 2 heteroatoms. The number of aromatic nitrogens is 2. The largest absolute Gasteiger partial charge is 0.278 e. The van der Waals surface area contributed by atoms with Crippen molar-refractivity contribution in [3.05, 3.63) is 65.9 Å². The van der Waals surface area contributed by atoms with E-state index in [-0.39, 0.29) is 0 Å². The van der Waals surface area contributed by atoms with E-state index in [1.807, 2.05) is 6.20 Å². The van der Waals surface area contributed by atoms with Crippen molar-refractivity contribution in [1.29, 1.82) is 0 Å². The fourth-order valence-electron chi connectivity index (χ4n) is 2.35. The summed E-state index contributed by atoms with van der Waals surface area (Å²) in [6, 6.07) is 17.2. The normalized spacial score (nSPS) is 12.7. The Bertz CT molecular complexity index is 640. The van der Waals surface area contributed by atoms with Gasteiger partial charge in [-0.1, -0.05) is 43.3 Å². The van der Waals surface area contributed by atoms with Crippen LogP contribution in [0.5, 0.6) is 0 Å². The van der Waals surface area contributed by atoms with E-state index < -0.39 is 0 Å². The lowest BCUT2D eigenvalue weighted by Gasteiger charge is -2.12. The summed E-state index contributed by atoms with van der Waals surface area (Å²) in [6.45, 7) is 2.27. The van der Waals surface area contributed by atoms with Gasteiger partial charge in [0.15, 0.2) is 0 Å². The summed E-state index contributed by atoms with van der Waals surface area (Å²) in [7, 11) is 0. The van der Waals surface area contributed by atoms with Crippen LogP contribution in [0.2, 0.25) is 0 Å². The molecule has 3 aromatic rings. The van der Waals surface area contributed by atoms with Crippen molar-refractivity contribution in [2.24, 2.45) is 0 Å². The zero-order chi connectivity index (χ0) is 12.4. The molecule has 1 atom stereocenters. The van der Waals surface area contributed by atoms with Crippen molar-refractivity contribution in [3.63, 3.8) is 0 Å². The standard InChI is InChI=1S/C16H16N2/c1-12(9-13-5-3-2-4-6-13)14-7-8-16-15(10-14)11-17-18-16/h2-8,10-12H,9H2,1H3,(H,17,18). The van der Waals surface area contributed by atoms with Gasteiger partial charge in [0.05, 0.1) is 11.7 Å². The van der Waals surface area contributed by atoms with Crippen LogP contribution in [0.3, 0.4) is 0 Å². The predicted molar refractivity (Wildman–Crippen MR) is 74.7 cm³/mol. The van der Waals surface area contributed by atoms with Gasteiger partial charge in [0.1, 0.15) is 0 Å². The average Bonchev–Trinajstić information content (AvgIpc) is 2.87. The molecule has 90 valence electrons. The molecule has 2 nitrogen and oxygen atoms in total. The predicted octanol–water partition coefficient (Wildman–Crippen LogP) is 3.91. The third-order valence-electron chi connectivity index (χ3n) is 3.42. The van der Waals surface area contributed by atoms with Crippen LogP contribution < -0.4 is 0 Å². The summed E-state index contributed by atoms with van der Waals surface area (Å²) in [4.78, 5) is 0. The smallest absolute Gasteiger partial charge is 0.0650 e. The molecule has 0 bridgehead atoms. The van der Waals surface area contributed by atoms with Gasteiger partial charge in [0, 0.05) is 5.39 Å². The molecular weight excluding hydrogens is 220 g/mol. The maximum Gasteiger partial charge on any atom is 0.0650 e. The van der Waals surface area contributed by atoms with Gasteiger partial charge in [-0.3, -0.25) is 5.10 Å². The molecule has 0 aliphatic carbocycles. The highest BCUT2D eigenvalue weighted by atomic mass is 15.1. The summed E-state index contributed by atoms with van der Waals surface area (Å²) >= 11 is 0. The quantitative estimate of drug-likeness (QED) is 0.733. The van der Waals surface area contributed by atoms with E-state index in [1.165, 1.54) is 16.5 Å². The lowest BCUT2D eigenvalue weighted by atomic mass is 9.93. The fraction of sp³-hybridized carbons (Fsp3) is 0.188. The number of rotatable bonds is 3. The first-order valence-corrected chi connectivity index (χ1v) is 6.30. The molecule has 2 aromatic carbocycles. The number of H-pyrrole nitrogens is 1. The van der Waals surface area contributed by atoms with E-state index in [0.717, 1.165) is 11.9 Å². The summed E-state index contributed by atoms with van der Waals surface area (Å²) in [5.74, 6) is 0.520. The molecule has 3 rings (SSSR count). The van der Waals surface area contributed by atoms with E-state index in [4.69, 9.17) is 0 Å². The van der Waals surface area contributed by atoms with Gasteiger partial charge in [0.2, 0.25) is 0 Å². The number of hydrogen-bond donors (Lipinski definition) is 1. The van der Waals surface area contributed by atoms with E-state index in [9.17, 15) is 0 Å². The highest BCUT2D eigenvalue weighted by molar-refractivity contribution is 5.78. The molecular formula is C16H16N2. The Labute approximate surface area is 107 Å². The van der Waals surface area contributed by atoms with Crippen LogP contribution in [0, 0.1) is 0 Å². The first kappa shape index (κ1) is 11.0. The van der Waals surface area contributed by atoms with E-state index in [1.54, 1.807) is 0 Å². The number of nitrogens with one attached hydrogen (secondary N) is 1. The maximum atomic E-state index is 4.06. The summed E-state index contributed by atoms with van der Waals surface area (Å²) < 4.78 is 0. The molecule has 0 saturated carbocycles. The van der Waals surface area contributed by atoms with E-state index in [0.29, 0.717) is 5.92 Å². The van der Waals surface area contributed by atoms with Crippen molar-refractivity contribution in [2.45, 2.75) is 19.3 Å². The number of fused-ring (bicyclic) bond motifs is 1. The molecule has 0 radical (unpaired) electrons. The van der Waals surface area contributed by atoms with Crippen LogP contribution in [0.25, 0.3) is 10.9 Å². The van der Waals surface area contributed by atoms with Crippen LogP contribution in [-0.2, 0) is 6.42 Å². The lowest BCUT2D eigenvalue weighted by molar-refractivity contribution is 0.760.